The number of nitrogens with zero attached hydrogens (tertiary/aromatic N) is 3. The number of pyridine rings is 1. The minimum absolute atomic E-state index is 0.0117. The van der Waals surface area contributed by atoms with Crippen LogP contribution < -0.4 is 11.1 Å². The summed E-state index contributed by atoms with van der Waals surface area (Å²) in [5.74, 6) is -5.07. The molecule has 1 fully saturated rings. The van der Waals surface area contributed by atoms with Crippen molar-refractivity contribution in [1.82, 2.24) is 20.1 Å². The van der Waals surface area contributed by atoms with Crippen molar-refractivity contribution in [2.75, 3.05) is 7.11 Å². The van der Waals surface area contributed by atoms with Crippen LogP contribution in [0.4, 0.5) is 26.3 Å². The summed E-state index contributed by atoms with van der Waals surface area (Å²) in [6, 6.07) is 10.4. The van der Waals surface area contributed by atoms with Gasteiger partial charge in [-0.3, -0.25) is 19.3 Å². The Morgan fingerprint density at radius 1 is 1.09 bits per heavy atom. The number of primary amides is 1. The fourth-order valence-electron chi connectivity index (χ4n) is 5.20. The summed E-state index contributed by atoms with van der Waals surface area (Å²) in [7, 11) is 1.27. The van der Waals surface area contributed by atoms with Crippen molar-refractivity contribution >= 4 is 11.8 Å². The second kappa shape index (κ2) is 11.2. The van der Waals surface area contributed by atoms with Crippen molar-refractivity contribution < 1.29 is 40.7 Å². The molecule has 0 bridgehead atoms. The van der Waals surface area contributed by atoms with Gasteiger partial charge in [0.25, 0.3) is 5.91 Å². The van der Waals surface area contributed by atoms with E-state index in [9.17, 15) is 35.9 Å². The predicted molar refractivity (Wildman–Crippen MR) is 140 cm³/mol. The fraction of sp³-hybridized carbons (Fsp3) is 0.241. The molecule has 0 radical (unpaired) electrons. The summed E-state index contributed by atoms with van der Waals surface area (Å²) < 4.78 is 88.5. The molecule has 1 aliphatic carbocycles. The van der Waals surface area contributed by atoms with E-state index in [1.165, 1.54) is 25.4 Å². The SMILES string of the molecule is COCc1cc(C(F)(F)F)nn1CC(=O)NC1(c2ncccc2-c2ccc(F)c(C(N)=O)c2)C[C@@H]1c1cc(F)cc(F)c1. The van der Waals surface area contributed by atoms with Crippen LogP contribution >= 0.6 is 0 Å². The van der Waals surface area contributed by atoms with Gasteiger partial charge < -0.3 is 15.8 Å². The zero-order valence-corrected chi connectivity index (χ0v) is 22.4. The third-order valence-electron chi connectivity index (χ3n) is 7.12. The molecule has 0 aliphatic heterocycles. The molecule has 1 saturated carbocycles. The molecule has 2 heterocycles. The van der Waals surface area contributed by atoms with Gasteiger partial charge in [-0.2, -0.15) is 18.3 Å². The Bertz CT molecular complexity index is 1700. The van der Waals surface area contributed by atoms with E-state index in [2.05, 4.69) is 15.4 Å². The Morgan fingerprint density at radius 2 is 1.81 bits per heavy atom. The number of ether oxygens (including phenoxy) is 1. The van der Waals surface area contributed by atoms with Crippen LogP contribution in [0.3, 0.4) is 0 Å². The molecule has 2 aromatic carbocycles. The predicted octanol–water partition coefficient (Wildman–Crippen LogP) is 4.83. The van der Waals surface area contributed by atoms with E-state index in [0.717, 1.165) is 28.9 Å². The van der Waals surface area contributed by atoms with Crippen molar-refractivity contribution in [3.05, 3.63) is 106 Å². The summed E-state index contributed by atoms with van der Waals surface area (Å²) in [5, 5.41) is 6.32. The molecule has 224 valence electrons. The topological polar surface area (TPSA) is 112 Å². The largest absolute Gasteiger partial charge is 0.435 e. The van der Waals surface area contributed by atoms with Gasteiger partial charge in [0, 0.05) is 30.9 Å². The first-order valence-corrected chi connectivity index (χ1v) is 12.8. The number of methoxy groups -OCH3 is 1. The smallest absolute Gasteiger partial charge is 0.378 e. The Balaban J connectivity index is 1.57. The molecule has 0 spiro atoms. The van der Waals surface area contributed by atoms with Crippen LogP contribution in [-0.2, 0) is 34.4 Å². The van der Waals surface area contributed by atoms with Gasteiger partial charge in [0.1, 0.15) is 24.0 Å². The number of aromatic nitrogens is 3. The van der Waals surface area contributed by atoms with Crippen LogP contribution in [0.25, 0.3) is 11.1 Å². The molecule has 1 aliphatic rings. The summed E-state index contributed by atoms with van der Waals surface area (Å²) in [6.45, 7) is -0.908. The number of hydrogen-bond donors (Lipinski definition) is 2. The van der Waals surface area contributed by atoms with E-state index >= 15 is 0 Å². The van der Waals surface area contributed by atoms with Crippen LogP contribution in [-0.4, -0.2) is 33.7 Å². The number of nitrogens with one attached hydrogen (secondary N) is 1. The van der Waals surface area contributed by atoms with Gasteiger partial charge in [-0.05, 0) is 53.9 Å². The van der Waals surface area contributed by atoms with Gasteiger partial charge in [0.2, 0.25) is 5.91 Å². The van der Waals surface area contributed by atoms with Gasteiger partial charge in [-0.15, -0.1) is 0 Å². The molecular formula is C29H23F6N5O3. The monoisotopic (exact) mass is 603 g/mol. The molecule has 2 aromatic heterocycles. The summed E-state index contributed by atoms with van der Waals surface area (Å²) >= 11 is 0. The average molecular weight is 604 g/mol. The maximum Gasteiger partial charge on any atom is 0.435 e. The Kier molecular flexibility index (Phi) is 7.73. The average Bonchev–Trinajstić information content (AvgIpc) is 3.51. The number of nitrogens with two attached hydrogens (primary N) is 1. The normalized spacial score (nSPS) is 18.0. The number of alkyl halides is 3. The lowest BCUT2D eigenvalue weighted by Crippen LogP contribution is -2.39. The minimum Gasteiger partial charge on any atom is -0.378 e. The van der Waals surface area contributed by atoms with E-state index in [4.69, 9.17) is 10.5 Å². The van der Waals surface area contributed by atoms with Crippen molar-refractivity contribution in [1.29, 1.82) is 0 Å². The van der Waals surface area contributed by atoms with Crippen molar-refractivity contribution in [3.8, 4) is 11.1 Å². The molecule has 2 amide bonds. The van der Waals surface area contributed by atoms with Crippen molar-refractivity contribution in [2.24, 2.45) is 5.73 Å². The van der Waals surface area contributed by atoms with E-state index in [0.29, 0.717) is 17.2 Å². The quantitative estimate of drug-likeness (QED) is 0.267. The number of halogens is 6. The highest BCUT2D eigenvalue weighted by Crippen LogP contribution is 2.59. The Hall–Kier alpha value is -4.72. The van der Waals surface area contributed by atoms with Gasteiger partial charge in [0.05, 0.1) is 29.1 Å². The summed E-state index contributed by atoms with van der Waals surface area (Å²) in [4.78, 5) is 29.7. The van der Waals surface area contributed by atoms with Crippen LogP contribution in [0.2, 0.25) is 0 Å². The molecule has 5 rings (SSSR count). The lowest BCUT2D eigenvalue weighted by Gasteiger charge is -2.23. The molecule has 3 N–H and O–H groups in total. The second-order valence-electron chi connectivity index (χ2n) is 10.0. The lowest BCUT2D eigenvalue weighted by molar-refractivity contribution is -0.141. The molecule has 43 heavy (non-hydrogen) atoms. The molecule has 0 saturated heterocycles. The number of carbonyl (C=O) groups excluding carboxylic acids is 2. The van der Waals surface area contributed by atoms with Gasteiger partial charge >= 0.3 is 6.18 Å². The number of carbonyl (C=O) groups is 2. The first kappa shape index (κ1) is 29.8. The van der Waals surface area contributed by atoms with E-state index in [1.807, 2.05) is 0 Å². The van der Waals surface area contributed by atoms with Crippen molar-refractivity contribution in [2.45, 2.75) is 37.2 Å². The van der Waals surface area contributed by atoms with Crippen LogP contribution in [0.15, 0.2) is 60.8 Å². The number of rotatable bonds is 9. The van der Waals surface area contributed by atoms with E-state index < -0.39 is 64.7 Å². The molecule has 1 unspecified atom stereocenters. The Morgan fingerprint density at radius 3 is 2.47 bits per heavy atom. The third kappa shape index (κ3) is 5.95. The first-order chi connectivity index (χ1) is 20.3. The van der Waals surface area contributed by atoms with Crippen LogP contribution in [0.1, 0.15) is 45.3 Å². The van der Waals surface area contributed by atoms with Gasteiger partial charge in [-0.25, -0.2) is 13.2 Å². The summed E-state index contributed by atoms with van der Waals surface area (Å²) in [5.41, 5.74) is 3.38. The number of hydrogen-bond acceptors (Lipinski definition) is 5. The number of amides is 2. The maximum atomic E-state index is 14.3. The molecule has 4 aromatic rings. The lowest BCUT2D eigenvalue weighted by atomic mass is 9.94. The maximum absolute atomic E-state index is 14.3. The molecule has 14 heteroatoms. The fourth-order valence-corrected chi connectivity index (χ4v) is 5.20. The number of benzene rings is 2. The zero-order valence-electron chi connectivity index (χ0n) is 22.4. The minimum atomic E-state index is -4.77. The standard InChI is InChI=1S/C29H23F6N5O3/c1-43-14-19-11-24(29(33,34)35)39-40(19)13-25(41)38-28(12-22(28)16-7-17(30)10-18(31)8-16)26-20(3-2-6-37-26)15-4-5-23(32)21(9-15)27(36)42/h2-11,22H,12-14H2,1H3,(H2,36,42)(H,38,41)/t22-,28?/m1/s1. The first-order valence-electron chi connectivity index (χ1n) is 12.8. The van der Waals surface area contributed by atoms with Crippen molar-refractivity contribution in [3.63, 3.8) is 0 Å². The molecular weight excluding hydrogens is 580 g/mol. The van der Waals surface area contributed by atoms with Crippen LogP contribution in [0, 0.1) is 17.5 Å². The highest BCUT2D eigenvalue weighted by atomic mass is 19.4. The Labute approximate surface area is 240 Å². The third-order valence-corrected chi connectivity index (χ3v) is 7.12. The zero-order chi connectivity index (χ0) is 31.1. The van der Waals surface area contributed by atoms with Gasteiger partial charge in [-0.1, -0.05) is 12.1 Å². The highest BCUT2D eigenvalue weighted by Gasteiger charge is 2.59. The second-order valence-corrected chi connectivity index (χ2v) is 10.0. The summed E-state index contributed by atoms with van der Waals surface area (Å²) in [6.07, 6.45) is -3.25. The van der Waals surface area contributed by atoms with E-state index in [-0.39, 0.29) is 30.0 Å². The van der Waals surface area contributed by atoms with Crippen LogP contribution in [0.5, 0.6) is 0 Å². The highest BCUT2D eigenvalue weighted by molar-refractivity contribution is 5.94. The molecule has 2 atom stereocenters. The van der Waals surface area contributed by atoms with Gasteiger partial charge in [0.15, 0.2) is 5.69 Å². The van der Waals surface area contributed by atoms with E-state index in [1.54, 1.807) is 12.1 Å². The molecule has 8 nitrogen and oxygen atoms in total.